The molecule has 0 atom stereocenters. The molecule has 0 saturated heterocycles. The first-order valence-corrected chi connectivity index (χ1v) is 6.77. The van der Waals surface area contributed by atoms with Gasteiger partial charge in [0, 0.05) is 6.04 Å². The SMILES string of the molecule is CC(C)NCCCCCCc1ccc(F)c(F)c1. The molecule has 0 saturated carbocycles. The van der Waals surface area contributed by atoms with Crippen molar-refractivity contribution >= 4 is 0 Å². The molecular formula is C15H23F2N. The van der Waals surface area contributed by atoms with E-state index in [1.54, 1.807) is 6.07 Å². The first kappa shape index (κ1) is 15.1. The monoisotopic (exact) mass is 255 g/mol. The highest BCUT2D eigenvalue weighted by Gasteiger charge is 2.02. The molecule has 0 fully saturated rings. The summed E-state index contributed by atoms with van der Waals surface area (Å²) in [6.45, 7) is 5.34. The Morgan fingerprint density at radius 2 is 1.72 bits per heavy atom. The second-order valence-corrected chi connectivity index (χ2v) is 5.02. The van der Waals surface area contributed by atoms with E-state index in [2.05, 4.69) is 19.2 Å². The summed E-state index contributed by atoms with van der Waals surface area (Å²) in [6, 6.07) is 4.72. The van der Waals surface area contributed by atoms with Gasteiger partial charge in [0.05, 0.1) is 0 Å². The number of unbranched alkanes of at least 4 members (excludes halogenated alkanes) is 3. The van der Waals surface area contributed by atoms with Crippen LogP contribution in [0.4, 0.5) is 8.78 Å². The van der Waals surface area contributed by atoms with Crippen LogP contribution in [0.5, 0.6) is 0 Å². The van der Waals surface area contributed by atoms with Crippen molar-refractivity contribution in [1.29, 1.82) is 0 Å². The van der Waals surface area contributed by atoms with Crippen LogP contribution >= 0.6 is 0 Å². The molecule has 0 unspecified atom stereocenters. The van der Waals surface area contributed by atoms with E-state index < -0.39 is 11.6 Å². The van der Waals surface area contributed by atoms with Gasteiger partial charge >= 0.3 is 0 Å². The Morgan fingerprint density at radius 3 is 2.39 bits per heavy atom. The Hall–Kier alpha value is -0.960. The van der Waals surface area contributed by atoms with Crippen LogP contribution in [-0.4, -0.2) is 12.6 Å². The van der Waals surface area contributed by atoms with Crippen LogP contribution in [0, 0.1) is 11.6 Å². The fourth-order valence-electron chi connectivity index (χ4n) is 1.89. The maximum Gasteiger partial charge on any atom is 0.159 e. The lowest BCUT2D eigenvalue weighted by atomic mass is 10.1. The zero-order chi connectivity index (χ0) is 13.4. The third kappa shape index (κ3) is 6.10. The zero-order valence-corrected chi connectivity index (χ0v) is 11.3. The molecule has 1 aromatic rings. The lowest BCUT2D eigenvalue weighted by Crippen LogP contribution is -2.23. The smallest absolute Gasteiger partial charge is 0.159 e. The van der Waals surface area contributed by atoms with Gasteiger partial charge in [-0.25, -0.2) is 8.78 Å². The minimum Gasteiger partial charge on any atom is -0.315 e. The summed E-state index contributed by atoms with van der Waals surface area (Å²) in [4.78, 5) is 0. The van der Waals surface area contributed by atoms with Gasteiger partial charge in [-0.1, -0.05) is 32.8 Å². The molecule has 0 bridgehead atoms. The van der Waals surface area contributed by atoms with Crippen LogP contribution in [0.25, 0.3) is 0 Å². The van der Waals surface area contributed by atoms with Crippen LogP contribution in [0.2, 0.25) is 0 Å². The molecule has 0 aromatic heterocycles. The van der Waals surface area contributed by atoms with Crippen LogP contribution in [0.3, 0.4) is 0 Å². The van der Waals surface area contributed by atoms with Crippen LogP contribution < -0.4 is 5.32 Å². The molecule has 1 aromatic carbocycles. The second-order valence-electron chi connectivity index (χ2n) is 5.02. The second kappa shape index (κ2) is 8.20. The van der Waals surface area contributed by atoms with Crippen molar-refractivity contribution in [2.24, 2.45) is 0 Å². The number of benzene rings is 1. The summed E-state index contributed by atoms with van der Waals surface area (Å²) in [6.07, 6.45) is 5.36. The highest BCUT2D eigenvalue weighted by atomic mass is 19.2. The number of hydrogen-bond donors (Lipinski definition) is 1. The molecule has 0 amide bonds. The summed E-state index contributed by atoms with van der Waals surface area (Å²) in [5.41, 5.74) is 0.884. The molecule has 18 heavy (non-hydrogen) atoms. The van der Waals surface area contributed by atoms with Gasteiger partial charge in [-0.15, -0.1) is 0 Å². The molecule has 102 valence electrons. The van der Waals surface area contributed by atoms with E-state index in [1.165, 1.54) is 25.0 Å². The highest BCUT2D eigenvalue weighted by molar-refractivity contribution is 5.17. The van der Waals surface area contributed by atoms with E-state index in [1.807, 2.05) is 0 Å². The zero-order valence-electron chi connectivity index (χ0n) is 11.3. The molecule has 3 heteroatoms. The molecule has 1 rings (SSSR count). The fraction of sp³-hybridized carbons (Fsp3) is 0.600. The van der Waals surface area contributed by atoms with Crippen molar-refractivity contribution in [2.45, 2.75) is 52.0 Å². The first-order chi connectivity index (χ1) is 8.59. The van der Waals surface area contributed by atoms with Crippen LogP contribution in [0.15, 0.2) is 18.2 Å². The summed E-state index contributed by atoms with van der Waals surface area (Å²) < 4.78 is 25.7. The van der Waals surface area contributed by atoms with Crippen molar-refractivity contribution in [1.82, 2.24) is 5.32 Å². The predicted molar refractivity (Wildman–Crippen MR) is 71.7 cm³/mol. The average Bonchev–Trinajstić information content (AvgIpc) is 2.32. The lowest BCUT2D eigenvalue weighted by molar-refractivity contribution is 0.506. The minimum atomic E-state index is -0.765. The van der Waals surface area contributed by atoms with Crippen LogP contribution in [-0.2, 0) is 6.42 Å². The largest absolute Gasteiger partial charge is 0.315 e. The van der Waals surface area contributed by atoms with Crippen molar-refractivity contribution in [3.05, 3.63) is 35.4 Å². The van der Waals surface area contributed by atoms with Gasteiger partial charge in [0.25, 0.3) is 0 Å². The van der Waals surface area contributed by atoms with Crippen molar-refractivity contribution in [3.63, 3.8) is 0 Å². The summed E-state index contributed by atoms with van der Waals surface area (Å²) in [5, 5.41) is 3.38. The number of nitrogens with one attached hydrogen (secondary N) is 1. The first-order valence-electron chi connectivity index (χ1n) is 6.77. The van der Waals surface area contributed by atoms with Crippen LogP contribution in [0.1, 0.15) is 45.1 Å². The maximum absolute atomic E-state index is 12.9. The Bertz CT molecular complexity index is 350. The van der Waals surface area contributed by atoms with E-state index in [0.29, 0.717) is 6.04 Å². The Labute approximate surface area is 109 Å². The number of hydrogen-bond acceptors (Lipinski definition) is 1. The van der Waals surface area contributed by atoms with E-state index in [9.17, 15) is 8.78 Å². The summed E-state index contributed by atoms with van der Waals surface area (Å²) in [5.74, 6) is -1.51. The Kier molecular flexibility index (Phi) is 6.88. The van der Waals surface area contributed by atoms with Gasteiger partial charge in [0.2, 0.25) is 0 Å². The quantitative estimate of drug-likeness (QED) is 0.691. The number of aryl methyl sites for hydroxylation is 1. The molecule has 0 spiro atoms. The third-order valence-electron chi connectivity index (χ3n) is 2.93. The Balaban J connectivity index is 2.09. The molecule has 0 aliphatic carbocycles. The van der Waals surface area contributed by atoms with Crippen molar-refractivity contribution in [3.8, 4) is 0 Å². The molecule has 1 N–H and O–H groups in total. The average molecular weight is 255 g/mol. The van der Waals surface area contributed by atoms with Gasteiger partial charge in [-0.05, 0) is 43.5 Å². The van der Waals surface area contributed by atoms with E-state index in [0.717, 1.165) is 31.4 Å². The standard InChI is InChI=1S/C15H23F2N/c1-12(2)18-10-6-4-3-5-7-13-8-9-14(16)15(17)11-13/h8-9,11-12,18H,3-7,10H2,1-2H3. The maximum atomic E-state index is 12.9. The number of halogens is 2. The Morgan fingerprint density at radius 1 is 1.00 bits per heavy atom. The van der Waals surface area contributed by atoms with Gasteiger partial charge < -0.3 is 5.32 Å². The van der Waals surface area contributed by atoms with E-state index in [4.69, 9.17) is 0 Å². The third-order valence-corrected chi connectivity index (χ3v) is 2.93. The van der Waals surface area contributed by atoms with Gasteiger partial charge in [-0.3, -0.25) is 0 Å². The molecule has 0 aliphatic rings. The van der Waals surface area contributed by atoms with Gasteiger partial charge in [-0.2, -0.15) is 0 Å². The van der Waals surface area contributed by atoms with E-state index >= 15 is 0 Å². The molecule has 0 heterocycles. The minimum absolute atomic E-state index is 0.548. The molecule has 1 nitrogen and oxygen atoms in total. The van der Waals surface area contributed by atoms with Crippen molar-refractivity contribution < 1.29 is 8.78 Å². The lowest BCUT2D eigenvalue weighted by Gasteiger charge is -2.07. The summed E-state index contributed by atoms with van der Waals surface area (Å²) >= 11 is 0. The number of rotatable bonds is 8. The molecule has 0 aliphatic heterocycles. The highest BCUT2D eigenvalue weighted by Crippen LogP contribution is 2.12. The molecule has 0 radical (unpaired) electrons. The molecular weight excluding hydrogens is 232 g/mol. The normalized spacial score (nSPS) is 11.2. The van der Waals surface area contributed by atoms with Gasteiger partial charge in [0.15, 0.2) is 11.6 Å². The predicted octanol–water partition coefficient (Wildman–Crippen LogP) is 4.07. The fourth-order valence-corrected chi connectivity index (χ4v) is 1.89. The summed E-state index contributed by atoms with van der Waals surface area (Å²) in [7, 11) is 0. The van der Waals surface area contributed by atoms with Gasteiger partial charge in [0.1, 0.15) is 0 Å². The topological polar surface area (TPSA) is 12.0 Å². The van der Waals surface area contributed by atoms with Crippen molar-refractivity contribution in [2.75, 3.05) is 6.54 Å². The van der Waals surface area contributed by atoms with E-state index in [-0.39, 0.29) is 0 Å².